The molecule has 0 aromatic carbocycles. The molecule has 0 saturated carbocycles. The fraction of sp³-hybridized carbons (Fsp3) is 0.200. The molecule has 0 amide bonds. The zero-order valence-electron chi connectivity index (χ0n) is 11.6. The molecule has 21 heavy (non-hydrogen) atoms. The van der Waals surface area contributed by atoms with Gasteiger partial charge in [-0.1, -0.05) is 0 Å². The van der Waals surface area contributed by atoms with E-state index in [2.05, 4.69) is 9.97 Å². The number of nitrogens with zero attached hydrogens (tertiary/aromatic N) is 2. The van der Waals surface area contributed by atoms with Crippen LogP contribution in [0.15, 0.2) is 10.6 Å². The van der Waals surface area contributed by atoms with Crippen molar-refractivity contribution in [2.45, 2.75) is 20.8 Å². The molecule has 104 valence electrons. The third kappa shape index (κ3) is 1.45. The lowest BCUT2D eigenvalue weighted by atomic mass is 9.93. The monoisotopic (exact) mass is 298 g/mol. The van der Waals surface area contributed by atoms with Crippen LogP contribution in [0.4, 0.5) is 0 Å². The van der Waals surface area contributed by atoms with Gasteiger partial charge < -0.3 is 4.42 Å². The molecule has 0 radical (unpaired) electrons. The number of hydrogen-bond donors (Lipinski definition) is 0. The topological polar surface area (TPSA) is 73.1 Å². The molecule has 0 N–H and O–H groups in total. The second-order valence-electron chi connectivity index (χ2n) is 5.09. The van der Waals surface area contributed by atoms with Crippen LogP contribution in [0.1, 0.15) is 47.7 Å². The van der Waals surface area contributed by atoms with Crippen LogP contribution in [-0.2, 0) is 0 Å². The first kappa shape index (κ1) is 12.4. The predicted molar refractivity (Wildman–Crippen MR) is 77.2 cm³/mol. The van der Waals surface area contributed by atoms with Crippen molar-refractivity contribution in [1.29, 1.82) is 0 Å². The second-order valence-corrected chi connectivity index (χ2v) is 6.52. The minimum Gasteiger partial charge on any atom is -0.451 e. The molecule has 0 aliphatic heterocycles. The van der Waals surface area contributed by atoms with Crippen molar-refractivity contribution < 1.29 is 14.0 Å². The van der Waals surface area contributed by atoms with Gasteiger partial charge in [0.25, 0.3) is 0 Å². The number of carbonyl (C=O) groups is 2. The summed E-state index contributed by atoms with van der Waals surface area (Å²) in [4.78, 5) is 35.4. The van der Waals surface area contributed by atoms with Gasteiger partial charge in [0.05, 0.1) is 11.3 Å². The van der Waals surface area contributed by atoms with Gasteiger partial charge in [0, 0.05) is 21.3 Å². The molecule has 0 unspecified atom stereocenters. The van der Waals surface area contributed by atoms with Gasteiger partial charge in [0.1, 0.15) is 17.0 Å². The highest BCUT2D eigenvalue weighted by Crippen LogP contribution is 2.40. The maximum Gasteiger partial charge on any atom is 0.249 e. The number of ketones is 2. The van der Waals surface area contributed by atoms with Gasteiger partial charge in [0.15, 0.2) is 5.76 Å². The normalized spacial score (nSPS) is 13.7. The van der Waals surface area contributed by atoms with E-state index in [-0.39, 0.29) is 28.7 Å². The lowest BCUT2D eigenvalue weighted by molar-refractivity contribution is 0.0954. The first-order chi connectivity index (χ1) is 9.99. The van der Waals surface area contributed by atoms with Gasteiger partial charge >= 0.3 is 0 Å². The number of aryl methyl sites for hydroxylation is 3. The van der Waals surface area contributed by atoms with Crippen molar-refractivity contribution in [2.75, 3.05) is 0 Å². The molecule has 5 nitrogen and oxygen atoms in total. The fourth-order valence-corrected chi connectivity index (χ4v) is 3.74. The first-order valence-electron chi connectivity index (χ1n) is 6.44. The quantitative estimate of drug-likeness (QED) is 0.499. The molecule has 0 fully saturated rings. The van der Waals surface area contributed by atoms with Crippen LogP contribution in [0.5, 0.6) is 0 Å². The summed E-state index contributed by atoms with van der Waals surface area (Å²) in [6, 6.07) is 0. The van der Waals surface area contributed by atoms with E-state index in [4.69, 9.17) is 4.42 Å². The molecule has 1 aliphatic rings. The van der Waals surface area contributed by atoms with Crippen molar-refractivity contribution in [2.24, 2.45) is 0 Å². The van der Waals surface area contributed by atoms with Crippen molar-refractivity contribution in [1.82, 2.24) is 9.97 Å². The van der Waals surface area contributed by atoms with E-state index in [0.717, 1.165) is 15.1 Å². The number of thiophene rings is 1. The minimum absolute atomic E-state index is 0.0860. The van der Waals surface area contributed by atoms with E-state index in [9.17, 15) is 9.59 Å². The van der Waals surface area contributed by atoms with Gasteiger partial charge in [0.2, 0.25) is 11.6 Å². The number of fused-ring (bicyclic) bond motifs is 4. The first-order valence-corrected chi connectivity index (χ1v) is 7.26. The summed E-state index contributed by atoms with van der Waals surface area (Å²) in [6.45, 7) is 5.57. The van der Waals surface area contributed by atoms with Crippen LogP contribution in [0, 0.1) is 20.8 Å². The highest BCUT2D eigenvalue weighted by atomic mass is 32.1. The summed E-state index contributed by atoms with van der Waals surface area (Å²) in [7, 11) is 0. The zero-order chi connectivity index (χ0) is 14.9. The summed E-state index contributed by atoms with van der Waals surface area (Å²) in [5.41, 5.74) is 1.75. The molecule has 3 aromatic rings. The van der Waals surface area contributed by atoms with Gasteiger partial charge in [-0.15, -0.1) is 11.3 Å². The Morgan fingerprint density at radius 2 is 1.81 bits per heavy atom. The molecule has 3 aromatic heterocycles. The Bertz CT molecular complexity index is 965. The number of furan rings is 1. The van der Waals surface area contributed by atoms with Crippen LogP contribution in [0.25, 0.3) is 11.0 Å². The Labute approximate surface area is 123 Å². The third-order valence-electron chi connectivity index (χ3n) is 3.64. The average molecular weight is 298 g/mol. The number of aromatic nitrogens is 2. The molecule has 1 aliphatic carbocycles. The Balaban J connectivity index is 2.12. The van der Waals surface area contributed by atoms with Gasteiger partial charge in [-0.25, -0.2) is 9.97 Å². The second kappa shape index (κ2) is 3.85. The van der Waals surface area contributed by atoms with E-state index in [1.54, 1.807) is 18.3 Å². The fourth-order valence-electron chi connectivity index (χ4n) is 2.75. The summed E-state index contributed by atoms with van der Waals surface area (Å²) in [5.74, 6) is -0.557. The largest absolute Gasteiger partial charge is 0.451 e. The molecule has 0 saturated heterocycles. The standard InChI is InChI=1S/C15H10N2O3S/c1-5-4-16-10-11(17-5)13(19)15-9(12(10)18)8-6(2)21-7(3)14(8)20-15/h4H,1-3H3. The maximum absolute atomic E-state index is 12.7. The highest BCUT2D eigenvalue weighted by Gasteiger charge is 2.38. The SMILES string of the molecule is Cc1cnc2c(n1)C(=O)c1oc3c(C)sc(C)c3c1C2=O. The smallest absolute Gasteiger partial charge is 0.249 e. The lowest BCUT2D eigenvalue weighted by Crippen LogP contribution is -2.23. The molecule has 3 heterocycles. The van der Waals surface area contributed by atoms with Gasteiger partial charge in [-0.2, -0.15) is 0 Å². The molecule has 0 spiro atoms. The Morgan fingerprint density at radius 3 is 2.57 bits per heavy atom. The van der Waals surface area contributed by atoms with Crippen molar-refractivity contribution in [3.05, 3.63) is 44.4 Å². The van der Waals surface area contributed by atoms with Crippen LogP contribution >= 0.6 is 11.3 Å². The van der Waals surface area contributed by atoms with Gasteiger partial charge in [-0.05, 0) is 20.8 Å². The molecule has 0 atom stereocenters. The van der Waals surface area contributed by atoms with Crippen LogP contribution in [0.2, 0.25) is 0 Å². The van der Waals surface area contributed by atoms with E-state index in [1.165, 1.54) is 6.20 Å². The Hall–Kier alpha value is -2.34. The van der Waals surface area contributed by atoms with Crippen molar-refractivity contribution >= 4 is 33.9 Å². The summed E-state index contributed by atoms with van der Waals surface area (Å²) in [6.07, 6.45) is 1.50. The third-order valence-corrected chi connectivity index (χ3v) is 4.64. The molecule has 0 bridgehead atoms. The molecule has 4 rings (SSSR count). The van der Waals surface area contributed by atoms with E-state index in [0.29, 0.717) is 16.8 Å². The van der Waals surface area contributed by atoms with E-state index >= 15 is 0 Å². The van der Waals surface area contributed by atoms with Crippen molar-refractivity contribution in [3.63, 3.8) is 0 Å². The number of rotatable bonds is 0. The number of carbonyl (C=O) groups excluding carboxylic acids is 2. The zero-order valence-corrected chi connectivity index (χ0v) is 12.4. The molecular formula is C15H10N2O3S. The van der Waals surface area contributed by atoms with E-state index in [1.807, 2.05) is 13.8 Å². The number of hydrogen-bond acceptors (Lipinski definition) is 6. The molecular weight excluding hydrogens is 288 g/mol. The van der Waals surface area contributed by atoms with Crippen LogP contribution in [0.3, 0.4) is 0 Å². The van der Waals surface area contributed by atoms with E-state index < -0.39 is 0 Å². The maximum atomic E-state index is 12.7. The predicted octanol–water partition coefficient (Wildman–Crippen LogP) is 2.98. The molecule has 6 heteroatoms. The average Bonchev–Trinajstić information content (AvgIpc) is 2.96. The van der Waals surface area contributed by atoms with Crippen LogP contribution < -0.4 is 0 Å². The van der Waals surface area contributed by atoms with Gasteiger partial charge in [-0.3, -0.25) is 9.59 Å². The Kier molecular flexibility index (Phi) is 2.28. The summed E-state index contributed by atoms with van der Waals surface area (Å²) < 4.78 is 5.69. The van der Waals surface area contributed by atoms with Crippen LogP contribution in [-0.4, -0.2) is 21.5 Å². The Morgan fingerprint density at radius 1 is 1.05 bits per heavy atom. The highest BCUT2D eigenvalue weighted by molar-refractivity contribution is 7.13. The minimum atomic E-state index is -0.365. The lowest BCUT2D eigenvalue weighted by Gasteiger charge is -2.11. The van der Waals surface area contributed by atoms with Crippen molar-refractivity contribution in [3.8, 4) is 0 Å². The summed E-state index contributed by atoms with van der Waals surface area (Å²) >= 11 is 1.56. The summed E-state index contributed by atoms with van der Waals surface area (Å²) in [5, 5.41) is 0.735.